The van der Waals surface area contributed by atoms with Crippen molar-refractivity contribution in [3.8, 4) is 0 Å². The lowest BCUT2D eigenvalue weighted by Crippen LogP contribution is -2.64. The van der Waals surface area contributed by atoms with Crippen molar-refractivity contribution in [3.05, 3.63) is 0 Å². The molecule has 2 rings (SSSR count). The van der Waals surface area contributed by atoms with E-state index in [-0.39, 0.29) is 11.4 Å². The van der Waals surface area contributed by atoms with E-state index in [4.69, 9.17) is 0 Å². The first-order chi connectivity index (χ1) is 6.27. The molecule has 2 aliphatic heterocycles. The Kier molecular flexibility index (Phi) is 2.26. The number of hydrogen-bond acceptors (Lipinski definition) is 3. The minimum absolute atomic E-state index is 0.166. The van der Waals surface area contributed by atoms with Gasteiger partial charge in [0.25, 0.3) is 0 Å². The van der Waals surface area contributed by atoms with Gasteiger partial charge in [0, 0.05) is 13.1 Å². The van der Waals surface area contributed by atoms with Gasteiger partial charge in [0.05, 0.1) is 12.1 Å². The molecular formula is C9H17N3O. The summed E-state index contributed by atoms with van der Waals surface area (Å²) in [6, 6.07) is 0. The van der Waals surface area contributed by atoms with Crippen molar-refractivity contribution >= 4 is 5.91 Å². The molecule has 0 aromatic rings. The Bertz CT molecular complexity index is 211. The van der Waals surface area contributed by atoms with E-state index in [0.29, 0.717) is 6.54 Å². The predicted octanol–water partition coefficient (Wildman–Crippen LogP) is -0.830. The van der Waals surface area contributed by atoms with Crippen LogP contribution in [-0.4, -0.2) is 49.1 Å². The molecule has 1 unspecified atom stereocenters. The van der Waals surface area contributed by atoms with Gasteiger partial charge in [-0.05, 0) is 19.5 Å². The number of rotatable bonds is 1. The van der Waals surface area contributed by atoms with E-state index < -0.39 is 0 Å². The van der Waals surface area contributed by atoms with Gasteiger partial charge in [0.15, 0.2) is 0 Å². The van der Waals surface area contributed by atoms with Crippen LogP contribution < -0.4 is 10.6 Å². The van der Waals surface area contributed by atoms with E-state index in [1.807, 2.05) is 0 Å². The van der Waals surface area contributed by atoms with Crippen molar-refractivity contribution in [1.82, 2.24) is 15.5 Å². The zero-order valence-corrected chi connectivity index (χ0v) is 8.10. The van der Waals surface area contributed by atoms with Crippen LogP contribution in [0.15, 0.2) is 0 Å². The molecule has 2 aliphatic rings. The van der Waals surface area contributed by atoms with Crippen LogP contribution in [0.25, 0.3) is 0 Å². The Balaban J connectivity index is 2.12. The Morgan fingerprint density at radius 3 is 3.00 bits per heavy atom. The number of piperazine rings is 1. The van der Waals surface area contributed by atoms with Crippen molar-refractivity contribution < 1.29 is 4.79 Å². The quantitative estimate of drug-likeness (QED) is 0.558. The molecule has 1 spiro atoms. The molecule has 74 valence electrons. The van der Waals surface area contributed by atoms with Crippen molar-refractivity contribution in [2.45, 2.75) is 18.9 Å². The summed E-state index contributed by atoms with van der Waals surface area (Å²) in [4.78, 5) is 13.5. The topological polar surface area (TPSA) is 44.4 Å². The maximum atomic E-state index is 11.2. The van der Waals surface area contributed by atoms with Gasteiger partial charge in [-0.2, -0.15) is 0 Å². The van der Waals surface area contributed by atoms with Crippen LogP contribution in [0, 0.1) is 0 Å². The van der Waals surface area contributed by atoms with Crippen molar-refractivity contribution in [3.63, 3.8) is 0 Å². The highest BCUT2D eigenvalue weighted by Crippen LogP contribution is 2.24. The molecule has 2 N–H and O–H groups in total. The molecule has 0 bridgehead atoms. The highest BCUT2D eigenvalue weighted by molar-refractivity contribution is 5.79. The molecule has 1 atom stereocenters. The highest BCUT2D eigenvalue weighted by Gasteiger charge is 2.42. The average molecular weight is 183 g/mol. The van der Waals surface area contributed by atoms with Gasteiger partial charge in [-0.15, -0.1) is 0 Å². The molecule has 0 aliphatic carbocycles. The van der Waals surface area contributed by atoms with Crippen LogP contribution >= 0.6 is 0 Å². The molecule has 0 aromatic heterocycles. The van der Waals surface area contributed by atoms with Gasteiger partial charge < -0.3 is 10.6 Å². The molecule has 2 fully saturated rings. The fraction of sp³-hybridized carbons (Fsp3) is 0.889. The Hall–Kier alpha value is -0.610. The fourth-order valence-electron chi connectivity index (χ4n) is 2.37. The zero-order chi connectivity index (χ0) is 9.31. The molecule has 0 saturated carbocycles. The maximum absolute atomic E-state index is 11.2. The molecule has 0 aromatic carbocycles. The normalized spacial score (nSPS) is 35.3. The van der Waals surface area contributed by atoms with E-state index >= 15 is 0 Å². The number of carbonyl (C=O) groups is 1. The van der Waals surface area contributed by atoms with E-state index in [1.54, 1.807) is 0 Å². The monoisotopic (exact) mass is 183 g/mol. The van der Waals surface area contributed by atoms with Gasteiger partial charge in [-0.3, -0.25) is 9.69 Å². The Morgan fingerprint density at radius 2 is 2.38 bits per heavy atom. The summed E-state index contributed by atoms with van der Waals surface area (Å²) in [6.45, 7) is 6.56. The molecule has 2 heterocycles. The van der Waals surface area contributed by atoms with Crippen LogP contribution in [0.2, 0.25) is 0 Å². The first-order valence-electron chi connectivity index (χ1n) is 4.99. The van der Waals surface area contributed by atoms with Gasteiger partial charge in [-0.25, -0.2) is 0 Å². The molecule has 2 saturated heterocycles. The maximum Gasteiger partial charge on any atom is 0.234 e. The van der Waals surface area contributed by atoms with E-state index in [0.717, 1.165) is 32.6 Å². The summed E-state index contributed by atoms with van der Waals surface area (Å²) in [7, 11) is 0. The standard InChI is InChI=1S/C9H17N3O/c1-2-12-5-8(13)11-7-9(12)3-4-10-6-9/h10H,2-7H2,1H3,(H,11,13). The minimum Gasteiger partial charge on any atom is -0.353 e. The summed E-state index contributed by atoms with van der Waals surface area (Å²) >= 11 is 0. The number of carbonyl (C=O) groups excluding carboxylic acids is 1. The third kappa shape index (κ3) is 1.44. The second-order valence-electron chi connectivity index (χ2n) is 3.94. The zero-order valence-electron chi connectivity index (χ0n) is 8.10. The molecular weight excluding hydrogens is 166 g/mol. The van der Waals surface area contributed by atoms with Crippen molar-refractivity contribution in [1.29, 1.82) is 0 Å². The van der Waals surface area contributed by atoms with Crippen molar-refractivity contribution in [2.75, 3.05) is 32.7 Å². The minimum atomic E-state index is 0.166. The van der Waals surface area contributed by atoms with Crippen LogP contribution in [0.3, 0.4) is 0 Å². The number of nitrogens with one attached hydrogen (secondary N) is 2. The van der Waals surface area contributed by atoms with Gasteiger partial charge in [0.2, 0.25) is 5.91 Å². The Labute approximate surface area is 78.7 Å². The number of amides is 1. The van der Waals surface area contributed by atoms with E-state index in [1.165, 1.54) is 0 Å². The Morgan fingerprint density at radius 1 is 1.54 bits per heavy atom. The van der Waals surface area contributed by atoms with E-state index in [2.05, 4.69) is 22.5 Å². The van der Waals surface area contributed by atoms with Crippen LogP contribution in [0.4, 0.5) is 0 Å². The number of nitrogens with zero attached hydrogens (tertiary/aromatic N) is 1. The first-order valence-corrected chi connectivity index (χ1v) is 4.99. The lowest BCUT2D eigenvalue weighted by Gasteiger charge is -2.43. The van der Waals surface area contributed by atoms with Crippen LogP contribution in [0.5, 0.6) is 0 Å². The lowest BCUT2D eigenvalue weighted by atomic mass is 9.93. The fourth-order valence-corrected chi connectivity index (χ4v) is 2.37. The average Bonchev–Trinajstić information content (AvgIpc) is 2.59. The summed E-state index contributed by atoms with van der Waals surface area (Å²) in [5.74, 6) is 0.166. The molecule has 4 heteroatoms. The third-order valence-electron chi connectivity index (χ3n) is 3.22. The van der Waals surface area contributed by atoms with Gasteiger partial charge >= 0.3 is 0 Å². The molecule has 4 nitrogen and oxygen atoms in total. The highest BCUT2D eigenvalue weighted by atomic mass is 16.2. The summed E-state index contributed by atoms with van der Waals surface area (Å²) in [5, 5.41) is 6.33. The second kappa shape index (κ2) is 3.27. The van der Waals surface area contributed by atoms with Crippen molar-refractivity contribution in [2.24, 2.45) is 0 Å². The second-order valence-corrected chi connectivity index (χ2v) is 3.94. The van der Waals surface area contributed by atoms with Gasteiger partial charge in [-0.1, -0.05) is 6.92 Å². The van der Waals surface area contributed by atoms with Gasteiger partial charge in [0.1, 0.15) is 0 Å². The van der Waals surface area contributed by atoms with Crippen LogP contribution in [0.1, 0.15) is 13.3 Å². The summed E-state index contributed by atoms with van der Waals surface area (Å²) in [6.07, 6.45) is 1.15. The van der Waals surface area contributed by atoms with E-state index in [9.17, 15) is 4.79 Å². The lowest BCUT2D eigenvalue weighted by molar-refractivity contribution is -0.127. The number of likely N-dealkylation sites (N-methyl/N-ethyl adjacent to an activating group) is 1. The predicted molar refractivity (Wildman–Crippen MR) is 50.5 cm³/mol. The first kappa shape index (κ1) is 8.97. The molecule has 13 heavy (non-hydrogen) atoms. The largest absolute Gasteiger partial charge is 0.353 e. The summed E-state index contributed by atoms with van der Waals surface area (Å²) < 4.78 is 0. The van der Waals surface area contributed by atoms with Crippen LogP contribution in [-0.2, 0) is 4.79 Å². The third-order valence-corrected chi connectivity index (χ3v) is 3.22. The SMILES string of the molecule is CCN1CC(=O)NCC12CCNC2. The summed E-state index contributed by atoms with van der Waals surface area (Å²) in [5.41, 5.74) is 0.211. The number of hydrogen-bond donors (Lipinski definition) is 2. The smallest absolute Gasteiger partial charge is 0.234 e. The molecule has 1 amide bonds. The molecule has 0 radical (unpaired) electrons.